The van der Waals surface area contributed by atoms with Crippen molar-refractivity contribution in [2.45, 2.75) is 17.1 Å². The van der Waals surface area contributed by atoms with Crippen LogP contribution >= 0.6 is 0 Å². The van der Waals surface area contributed by atoms with Gasteiger partial charge in [-0.25, -0.2) is 17.9 Å². The van der Waals surface area contributed by atoms with Crippen molar-refractivity contribution in [3.05, 3.63) is 23.8 Å². The first-order chi connectivity index (χ1) is 11.6. The van der Waals surface area contributed by atoms with Crippen LogP contribution in [0, 0.1) is 0 Å². The zero-order valence-electron chi connectivity index (χ0n) is 13.6. The maximum atomic E-state index is 12.3. The predicted octanol–water partition coefficient (Wildman–Crippen LogP) is 1.04. The number of nitrogens with zero attached hydrogens (tertiary/aromatic N) is 1. The van der Waals surface area contributed by atoms with Crippen molar-refractivity contribution in [3.63, 3.8) is 0 Å². The number of sulfonamides is 1. The summed E-state index contributed by atoms with van der Waals surface area (Å²) in [5, 5.41) is 2.95. The molecule has 2 rings (SSSR count). The fourth-order valence-electron chi connectivity index (χ4n) is 2.48. The van der Waals surface area contributed by atoms with Gasteiger partial charge in [-0.15, -0.1) is 0 Å². The van der Waals surface area contributed by atoms with E-state index >= 15 is 0 Å². The number of alkyl halides is 3. The second kappa shape index (κ2) is 7.18. The number of hydrogen-bond acceptors (Lipinski definition) is 6. The monoisotopic (exact) mass is 381 g/mol. The summed E-state index contributed by atoms with van der Waals surface area (Å²) in [4.78, 5) is 13.0. The van der Waals surface area contributed by atoms with Gasteiger partial charge < -0.3 is 10.1 Å². The van der Waals surface area contributed by atoms with Gasteiger partial charge in [-0.05, 0) is 25.2 Å². The number of carbonyl (C=O) groups excluding carboxylic acids is 1. The second-order valence-electron chi connectivity index (χ2n) is 5.56. The van der Waals surface area contributed by atoms with Crippen LogP contribution in [0.5, 0.6) is 0 Å². The van der Waals surface area contributed by atoms with E-state index in [1.807, 2.05) is 0 Å². The normalized spacial score (nSPS) is 16.4. The Morgan fingerprint density at radius 2 is 2.00 bits per heavy atom. The molecule has 1 saturated heterocycles. The van der Waals surface area contributed by atoms with Crippen molar-refractivity contribution in [3.8, 4) is 0 Å². The van der Waals surface area contributed by atoms with Crippen LogP contribution in [0.1, 0.15) is 10.4 Å². The second-order valence-corrected chi connectivity index (χ2v) is 7.44. The van der Waals surface area contributed by atoms with E-state index in [9.17, 15) is 26.4 Å². The fraction of sp³-hybridized carbons (Fsp3) is 0.500. The molecule has 11 heteroatoms. The first-order valence-electron chi connectivity index (χ1n) is 7.27. The maximum Gasteiger partial charge on any atom is 0.401 e. The molecule has 0 aromatic heterocycles. The molecule has 140 valence electrons. The number of nitrogens with one attached hydrogen (secondary N) is 2. The number of rotatable bonds is 6. The molecule has 1 aliphatic heterocycles. The molecule has 0 aliphatic carbocycles. The number of halogens is 3. The summed E-state index contributed by atoms with van der Waals surface area (Å²) in [6, 6.07) is 3.57. The molecule has 2 N–H and O–H groups in total. The van der Waals surface area contributed by atoms with E-state index in [1.165, 1.54) is 24.1 Å². The third-order valence-electron chi connectivity index (χ3n) is 3.70. The minimum atomic E-state index is -4.26. The Morgan fingerprint density at radius 3 is 2.52 bits per heavy atom. The molecule has 25 heavy (non-hydrogen) atoms. The van der Waals surface area contributed by atoms with Crippen molar-refractivity contribution < 1.29 is 31.1 Å². The van der Waals surface area contributed by atoms with Crippen LogP contribution in [0.25, 0.3) is 0 Å². The average Bonchev–Trinajstić information content (AvgIpc) is 2.51. The number of benzene rings is 1. The number of anilines is 1. The maximum absolute atomic E-state index is 12.3. The Balaban J connectivity index is 2.15. The third kappa shape index (κ3) is 4.83. The predicted molar refractivity (Wildman–Crippen MR) is 83.9 cm³/mol. The number of carbonyl (C=O) groups is 1. The Hall–Kier alpha value is -1.85. The highest BCUT2D eigenvalue weighted by Crippen LogP contribution is 2.26. The van der Waals surface area contributed by atoms with Crippen LogP contribution in [0.3, 0.4) is 0 Å². The molecule has 0 saturated carbocycles. The number of methoxy groups -OCH3 is 1. The van der Waals surface area contributed by atoms with Crippen molar-refractivity contribution in [1.29, 1.82) is 0 Å². The Bertz CT molecular complexity index is 746. The third-order valence-corrected chi connectivity index (χ3v) is 5.11. The summed E-state index contributed by atoms with van der Waals surface area (Å²) in [5.74, 6) is -0.748. The highest BCUT2D eigenvalue weighted by Gasteiger charge is 2.37. The number of esters is 1. The summed E-state index contributed by atoms with van der Waals surface area (Å²) in [6.07, 6.45) is -4.26. The first kappa shape index (κ1) is 19.5. The number of hydrogen-bond donors (Lipinski definition) is 2. The molecule has 0 bridgehead atoms. The molecule has 0 radical (unpaired) electrons. The lowest BCUT2D eigenvalue weighted by molar-refractivity contribution is -0.153. The minimum absolute atomic E-state index is 0.00639. The lowest BCUT2D eigenvalue weighted by atomic mass is 10.1. The standard InChI is InChI=1S/C14H18F3N3O4S/c1-18-25(22,23)10-3-4-12(11(5-10)13(21)24-2)19-9-6-20(7-9)8-14(15,16)17/h3-5,9,18-19H,6-8H2,1-2H3. The van der Waals surface area contributed by atoms with Gasteiger partial charge >= 0.3 is 12.1 Å². The zero-order chi connectivity index (χ0) is 18.8. The largest absolute Gasteiger partial charge is 0.465 e. The Morgan fingerprint density at radius 1 is 1.36 bits per heavy atom. The molecule has 7 nitrogen and oxygen atoms in total. The zero-order valence-corrected chi connectivity index (χ0v) is 14.4. The van der Waals surface area contributed by atoms with Gasteiger partial charge in [-0.3, -0.25) is 4.90 Å². The molecular formula is C14H18F3N3O4S. The number of ether oxygens (including phenoxy) is 1. The first-order valence-corrected chi connectivity index (χ1v) is 8.75. The quantitative estimate of drug-likeness (QED) is 0.716. The molecule has 0 atom stereocenters. The molecule has 1 aromatic rings. The fourth-order valence-corrected chi connectivity index (χ4v) is 3.23. The van der Waals surface area contributed by atoms with Gasteiger partial charge in [0.15, 0.2) is 0 Å². The summed E-state index contributed by atoms with van der Waals surface area (Å²) in [6.45, 7) is -0.665. The highest BCUT2D eigenvalue weighted by atomic mass is 32.2. The number of likely N-dealkylation sites (tertiary alicyclic amines) is 1. The van der Waals surface area contributed by atoms with Crippen LogP contribution in [-0.2, 0) is 14.8 Å². The van der Waals surface area contributed by atoms with Crippen LogP contribution in [0.2, 0.25) is 0 Å². The van der Waals surface area contributed by atoms with Crippen LogP contribution in [0.15, 0.2) is 23.1 Å². The highest BCUT2D eigenvalue weighted by molar-refractivity contribution is 7.89. The van der Waals surface area contributed by atoms with Crippen molar-refractivity contribution in [2.24, 2.45) is 0 Å². The smallest absolute Gasteiger partial charge is 0.401 e. The van der Waals surface area contributed by atoms with E-state index in [2.05, 4.69) is 14.8 Å². The lowest BCUT2D eigenvalue weighted by Crippen LogP contribution is -2.57. The SMILES string of the molecule is CNS(=O)(=O)c1ccc(NC2CN(CC(F)(F)F)C2)c(C(=O)OC)c1. The molecule has 0 amide bonds. The van der Waals surface area contributed by atoms with Gasteiger partial charge in [0.2, 0.25) is 10.0 Å². The van der Waals surface area contributed by atoms with E-state index in [-0.39, 0.29) is 29.6 Å². The molecular weight excluding hydrogens is 363 g/mol. The Labute approximate surface area is 143 Å². The van der Waals surface area contributed by atoms with Crippen LogP contribution < -0.4 is 10.0 Å². The van der Waals surface area contributed by atoms with Gasteiger partial charge in [-0.2, -0.15) is 13.2 Å². The topological polar surface area (TPSA) is 87.7 Å². The van der Waals surface area contributed by atoms with Crippen molar-refractivity contribution in [2.75, 3.05) is 39.1 Å². The van der Waals surface area contributed by atoms with Gasteiger partial charge in [0.05, 0.1) is 30.2 Å². The van der Waals surface area contributed by atoms with Gasteiger partial charge in [0.1, 0.15) is 0 Å². The van der Waals surface area contributed by atoms with Crippen molar-refractivity contribution >= 4 is 21.7 Å². The van der Waals surface area contributed by atoms with Crippen LogP contribution in [-0.4, -0.2) is 65.3 Å². The van der Waals surface area contributed by atoms with Crippen LogP contribution in [0.4, 0.5) is 18.9 Å². The van der Waals surface area contributed by atoms with Gasteiger partial charge in [0, 0.05) is 18.8 Å². The molecule has 1 heterocycles. The van der Waals surface area contributed by atoms with E-state index < -0.39 is 28.7 Å². The van der Waals surface area contributed by atoms with Gasteiger partial charge in [-0.1, -0.05) is 0 Å². The van der Waals surface area contributed by atoms with Gasteiger partial charge in [0.25, 0.3) is 0 Å². The van der Waals surface area contributed by atoms with E-state index in [1.54, 1.807) is 0 Å². The minimum Gasteiger partial charge on any atom is -0.465 e. The Kier molecular flexibility index (Phi) is 5.59. The summed E-state index contributed by atoms with van der Waals surface area (Å²) in [7, 11) is -1.36. The van der Waals surface area contributed by atoms with E-state index in [0.29, 0.717) is 5.69 Å². The van der Waals surface area contributed by atoms with Crippen molar-refractivity contribution in [1.82, 2.24) is 9.62 Å². The lowest BCUT2D eigenvalue weighted by Gasteiger charge is -2.40. The molecule has 1 fully saturated rings. The summed E-state index contributed by atoms with van der Waals surface area (Å²) >= 11 is 0. The molecule has 1 aliphatic rings. The summed E-state index contributed by atoms with van der Waals surface area (Å²) < 4.78 is 67.4. The average molecular weight is 381 g/mol. The van der Waals surface area contributed by atoms with E-state index in [4.69, 9.17) is 0 Å². The molecule has 1 aromatic carbocycles. The molecule has 0 spiro atoms. The van der Waals surface area contributed by atoms with E-state index in [0.717, 1.165) is 13.2 Å². The molecule has 0 unspecified atom stereocenters. The summed E-state index contributed by atoms with van der Waals surface area (Å²) in [5.41, 5.74) is 0.298.